The van der Waals surface area contributed by atoms with Crippen LogP contribution < -0.4 is 10.1 Å². The Labute approximate surface area is 187 Å². The van der Waals surface area contributed by atoms with Gasteiger partial charge in [0.15, 0.2) is 5.75 Å². The van der Waals surface area contributed by atoms with Crippen molar-refractivity contribution in [3.63, 3.8) is 0 Å². The molecule has 0 aliphatic heterocycles. The molecule has 152 valence electrons. The maximum absolute atomic E-state index is 6.52. The number of nitrogens with one attached hydrogen (secondary N) is 1. The van der Waals surface area contributed by atoms with Crippen LogP contribution >= 0.6 is 23.2 Å². The minimum Gasteiger partial charge on any atom is -0.486 e. The lowest BCUT2D eigenvalue weighted by Crippen LogP contribution is -2.03. The van der Waals surface area contributed by atoms with Gasteiger partial charge in [-0.2, -0.15) is 0 Å². The largest absolute Gasteiger partial charge is 0.486 e. The molecular formula is C26H23Cl2NO. The maximum Gasteiger partial charge on any atom is 0.156 e. The summed E-state index contributed by atoms with van der Waals surface area (Å²) in [4.78, 5) is 0. The summed E-state index contributed by atoms with van der Waals surface area (Å²) in [6.45, 7) is 5.21. The average Bonchev–Trinajstić information content (AvgIpc) is 2.74. The number of benzene rings is 4. The van der Waals surface area contributed by atoms with Crippen molar-refractivity contribution >= 4 is 39.7 Å². The Morgan fingerprint density at radius 2 is 1.57 bits per heavy atom. The van der Waals surface area contributed by atoms with Crippen LogP contribution in [-0.2, 0) is 13.2 Å². The normalized spacial score (nSPS) is 10.9. The highest BCUT2D eigenvalue weighted by molar-refractivity contribution is 6.37. The van der Waals surface area contributed by atoms with Crippen molar-refractivity contribution in [2.24, 2.45) is 0 Å². The number of ether oxygens (including phenoxy) is 1. The van der Waals surface area contributed by atoms with Crippen LogP contribution in [-0.4, -0.2) is 0 Å². The zero-order valence-corrected chi connectivity index (χ0v) is 18.5. The van der Waals surface area contributed by atoms with E-state index in [1.54, 1.807) is 0 Å². The minimum atomic E-state index is 0.404. The summed E-state index contributed by atoms with van der Waals surface area (Å²) in [6, 6.07) is 24.6. The van der Waals surface area contributed by atoms with Crippen LogP contribution in [0, 0.1) is 13.8 Å². The number of halogens is 2. The average molecular weight is 436 g/mol. The summed E-state index contributed by atoms with van der Waals surface area (Å²) in [6.07, 6.45) is 0. The fraction of sp³-hybridized carbons (Fsp3) is 0.154. The minimum absolute atomic E-state index is 0.404. The Bertz CT molecular complexity index is 1170. The number of anilines is 1. The van der Waals surface area contributed by atoms with Gasteiger partial charge in [-0.1, -0.05) is 77.8 Å². The van der Waals surface area contributed by atoms with Crippen LogP contribution in [0.4, 0.5) is 5.69 Å². The zero-order chi connectivity index (χ0) is 21.1. The molecule has 0 radical (unpaired) electrons. The number of fused-ring (bicyclic) bond motifs is 1. The molecule has 0 aliphatic carbocycles. The van der Waals surface area contributed by atoms with E-state index >= 15 is 0 Å². The molecule has 0 fully saturated rings. The SMILES string of the molecule is Cc1ccc(C)c(NCc2cc(Cl)c(OCc3cccc4ccccc34)c(Cl)c2)c1. The second kappa shape index (κ2) is 8.99. The van der Waals surface area contributed by atoms with Gasteiger partial charge in [0.05, 0.1) is 10.0 Å². The molecule has 0 unspecified atom stereocenters. The monoisotopic (exact) mass is 435 g/mol. The summed E-state index contributed by atoms with van der Waals surface area (Å²) >= 11 is 13.0. The van der Waals surface area contributed by atoms with E-state index in [0.717, 1.165) is 16.8 Å². The predicted octanol–water partition coefficient (Wildman–Crippen LogP) is 7.95. The van der Waals surface area contributed by atoms with E-state index in [9.17, 15) is 0 Å². The van der Waals surface area contributed by atoms with Crippen molar-refractivity contribution in [1.82, 2.24) is 0 Å². The summed E-state index contributed by atoms with van der Waals surface area (Å²) in [5.74, 6) is 0.516. The molecule has 0 bridgehead atoms. The lowest BCUT2D eigenvalue weighted by molar-refractivity contribution is 0.308. The smallest absolute Gasteiger partial charge is 0.156 e. The third-order valence-corrected chi connectivity index (χ3v) is 5.75. The molecule has 0 amide bonds. The van der Waals surface area contributed by atoms with Gasteiger partial charge in [0.25, 0.3) is 0 Å². The van der Waals surface area contributed by atoms with Gasteiger partial charge in [-0.3, -0.25) is 0 Å². The van der Waals surface area contributed by atoms with Crippen molar-refractivity contribution < 1.29 is 4.74 Å². The van der Waals surface area contributed by atoms with E-state index in [4.69, 9.17) is 27.9 Å². The Hall–Kier alpha value is -2.68. The Kier molecular flexibility index (Phi) is 6.17. The lowest BCUT2D eigenvalue weighted by atomic mass is 10.1. The molecule has 0 heterocycles. The van der Waals surface area contributed by atoms with Crippen LogP contribution in [0.25, 0.3) is 10.8 Å². The summed E-state index contributed by atoms with van der Waals surface area (Å²) in [7, 11) is 0. The van der Waals surface area contributed by atoms with E-state index in [2.05, 4.69) is 61.6 Å². The van der Waals surface area contributed by atoms with Gasteiger partial charge in [-0.15, -0.1) is 0 Å². The molecule has 0 saturated heterocycles. The van der Waals surface area contributed by atoms with Gasteiger partial charge >= 0.3 is 0 Å². The molecule has 2 nitrogen and oxygen atoms in total. The molecule has 0 saturated carbocycles. The number of aryl methyl sites for hydroxylation is 2. The third-order valence-electron chi connectivity index (χ3n) is 5.19. The fourth-order valence-electron chi connectivity index (χ4n) is 3.54. The topological polar surface area (TPSA) is 21.3 Å². The molecule has 4 heteroatoms. The number of rotatable bonds is 6. The molecule has 4 aromatic rings. The van der Waals surface area contributed by atoms with Crippen LogP contribution in [0.15, 0.2) is 72.8 Å². The molecule has 0 spiro atoms. The summed E-state index contributed by atoms with van der Waals surface area (Å²) < 4.78 is 6.03. The Morgan fingerprint density at radius 3 is 2.37 bits per heavy atom. The highest BCUT2D eigenvalue weighted by Gasteiger charge is 2.11. The van der Waals surface area contributed by atoms with Gasteiger partial charge < -0.3 is 10.1 Å². The van der Waals surface area contributed by atoms with Gasteiger partial charge in [-0.25, -0.2) is 0 Å². The standard InChI is InChI=1S/C26H23Cl2NO/c1-17-10-11-18(2)25(12-17)29-15-19-13-23(27)26(24(28)14-19)30-16-21-8-5-7-20-6-3-4-9-22(20)21/h3-14,29H,15-16H2,1-2H3. The van der Waals surface area contributed by atoms with E-state index in [0.29, 0.717) is 28.9 Å². The zero-order valence-electron chi connectivity index (χ0n) is 17.0. The number of hydrogen-bond acceptors (Lipinski definition) is 2. The predicted molar refractivity (Wildman–Crippen MR) is 128 cm³/mol. The van der Waals surface area contributed by atoms with Crippen molar-refractivity contribution in [2.75, 3.05) is 5.32 Å². The van der Waals surface area contributed by atoms with E-state index in [-0.39, 0.29) is 0 Å². The van der Waals surface area contributed by atoms with Crippen LogP contribution in [0.1, 0.15) is 22.3 Å². The van der Waals surface area contributed by atoms with Crippen molar-refractivity contribution in [3.05, 3.63) is 105 Å². The van der Waals surface area contributed by atoms with Gasteiger partial charge in [0.2, 0.25) is 0 Å². The summed E-state index contributed by atoms with van der Waals surface area (Å²) in [5.41, 5.74) is 5.63. The van der Waals surface area contributed by atoms with Crippen LogP contribution in [0.5, 0.6) is 5.75 Å². The lowest BCUT2D eigenvalue weighted by Gasteiger charge is -2.15. The van der Waals surface area contributed by atoms with Crippen molar-refractivity contribution in [1.29, 1.82) is 0 Å². The molecule has 4 rings (SSSR count). The molecule has 0 aromatic heterocycles. The molecule has 0 aliphatic rings. The van der Waals surface area contributed by atoms with Crippen molar-refractivity contribution in [2.45, 2.75) is 27.0 Å². The molecule has 1 N–H and O–H groups in total. The molecule has 0 atom stereocenters. The second-order valence-electron chi connectivity index (χ2n) is 7.49. The van der Waals surface area contributed by atoms with Gasteiger partial charge in [-0.05, 0) is 65.1 Å². The third kappa shape index (κ3) is 4.56. The first kappa shape index (κ1) is 20.6. The number of hydrogen-bond donors (Lipinski definition) is 1. The Morgan fingerprint density at radius 1 is 0.833 bits per heavy atom. The van der Waals surface area contributed by atoms with E-state index < -0.39 is 0 Å². The highest BCUT2D eigenvalue weighted by atomic mass is 35.5. The first-order valence-electron chi connectivity index (χ1n) is 9.90. The van der Waals surface area contributed by atoms with Gasteiger partial charge in [0, 0.05) is 12.2 Å². The second-order valence-corrected chi connectivity index (χ2v) is 8.30. The summed E-state index contributed by atoms with van der Waals surface area (Å²) in [5, 5.41) is 6.84. The molecular weight excluding hydrogens is 413 g/mol. The van der Waals surface area contributed by atoms with Crippen LogP contribution in [0.3, 0.4) is 0 Å². The maximum atomic E-state index is 6.52. The first-order chi connectivity index (χ1) is 14.5. The van der Waals surface area contributed by atoms with Gasteiger partial charge in [0.1, 0.15) is 6.61 Å². The highest BCUT2D eigenvalue weighted by Crippen LogP contribution is 2.35. The van der Waals surface area contributed by atoms with E-state index in [1.807, 2.05) is 30.3 Å². The molecule has 4 aromatic carbocycles. The molecule has 30 heavy (non-hydrogen) atoms. The first-order valence-corrected chi connectivity index (χ1v) is 10.7. The van der Waals surface area contributed by atoms with Crippen LogP contribution in [0.2, 0.25) is 10.0 Å². The Balaban J connectivity index is 1.49. The van der Waals surface area contributed by atoms with Crippen molar-refractivity contribution in [3.8, 4) is 5.75 Å². The quantitative estimate of drug-likeness (QED) is 0.331. The fourth-order valence-corrected chi connectivity index (χ4v) is 4.19. The van der Waals surface area contributed by atoms with E-state index in [1.165, 1.54) is 21.9 Å².